The van der Waals surface area contributed by atoms with Crippen LogP contribution in [-0.4, -0.2) is 41.3 Å². The Morgan fingerprint density at radius 3 is 2.09 bits per heavy atom. The topological polar surface area (TPSA) is 105 Å². The summed E-state index contributed by atoms with van der Waals surface area (Å²) < 4.78 is 5.59. The standard InChI is InChI=1S/C25H26N2O5/c28-22(29)21(15-10-11-15)26-23(30)25(12-5-13-25)27-24(31)32-14-20-18-8-3-1-6-16(18)17-7-2-4-9-19(17)20/h1-4,6-9,15,20-21H,5,10-14H2,(H,26,30)(H,27,31)(H,28,29). The fourth-order valence-corrected chi connectivity index (χ4v) is 4.86. The average Bonchev–Trinajstić information content (AvgIpc) is 3.55. The Hall–Kier alpha value is -3.35. The van der Waals surface area contributed by atoms with Crippen molar-refractivity contribution in [2.24, 2.45) is 5.92 Å². The molecule has 0 heterocycles. The maximum atomic E-state index is 12.9. The van der Waals surface area contributed by atoms with E-state index in [4.69, 9.17) is 4.74 Å². The van der Waals surface area contributed by atoms with Gasteiger partial charge < -0.3 is 20.5 Å². The molecule has 2 aromatic carbocycles. The van der Waals surface area contributed by atoms with Crippen LogP contribution in [-0.2, 0) is 14.3 Å². The summed E-state index contributed by atoms with van der Waals surface area (Å²) in [6.07, 6.45) is 2.67. The molecule has 0 spiro atoms. The van der Waals surface area contributed by atoms with Crippen LogP contribution in [0.15, 0.2) is 48.5 Å². The molecule has 3 aliphatic rings. The number of benzene rings is 2. The summed E-state index contributed by atoms with van der Waals surface area (Å²) in [7, 11) is 0. The number of ether oxygens (including phenoxy) is 1. The second-order valence-corrected chi connectivity index (χ2v) is 9.01. The fraction of sp³-hybridized carbons (Fsp3) is 0.400. The minimum Gasteiger partial charge on any atom is -0.480 e. The summed E-state index contributed by atoms with van der Waals surface area (Å²) in [5.41, 5.74) is 3.43. The van der Waals surface area contributed by atoms with Gasteiger partial charge in [-0.2, -0.15) is 0 Å². The van der Waals surface area contributed by atoms with E-state index >= 15 is 0 Å². The highest BCUT2D eigenvalue weighted by molar-refractivity contribution is 5.93. The van der Waals surface area contributed by atoms with Gasteiger partial charge >= 0.3 is 12.1 Å². The Kier molecular flexibility index (Phi) is 5.12. The van der Waals surface area contributed by atoms with Crippen molar-refractivity contribution in [3.63, 3.8) is 0 Å². The number of carbonyl (C=O) groups is 3. The number of aliphatic carboxylic acids is 1. The predicted molar refractivity (Wildman–Crippen MR) is 117 cm³/mol. The summed E-state index contributed by atoms with van der Waals surface area (Å²) in [5, 5.41) is 14.8. The van der Waals surface area contributed by atoms with Crippen LogP contribution in [0.1, 0.15) is 49.1 Å². The van der Waals surface area contributed by atoms with E-state index in [2.05, 4.69) is 22.8 Å². The van der Waals surface area contributed by atoms with Gasteiger partial charge in [-0.05, 0) is 60.3 Å². The normalized spacial score (nSPS) is 19.1. The second kappa shape index (κ2) is 7.97. The smallest absolute Gasteiger partial charge is 0.408 e. The average molecular weight is 434 g/mol. The van der Waals surface area contributed by atoms with Crippen molar-refractivity contribution in [1.82, 2.24) is 10.6 Å². The van der Waals surface area contributed by atoms with Crippen LogP contribution in [0.4, 0.5) is 4.79 Å². The first-order chi connectivity index (χ1) is 15.5. The van der Waals surface area contributed by atoms with Gasteiger partial charge in [-0.25, -0.2) is 9.59 Å². The number of carbonyl (C=O) groups excluding carboxylic acids is 2. The van der Waals surface area contributed by atoms with E-state index in [0.29, 0.717) is 12.8 Å². The number of hydrogen-bond donors (Lipinski definition) is 3. The maximum Gasteiger partial charge on any atom is 0.408 e. The van der Waals surface area contributed by atoms with Gasteiger partial charge in [0.15, 0.2) is 0 Å². The zero-order chi connectivity index (χ0) is 22.3. The molecular weight excluding hydrogens is 408 g/mol. The molecule has 1 atom stereocenters. The Balaban J connectivity index is 1.25. The molecule has 0 aliphatic heterocycles. The fourth-order valence-electron chi connectivity index (χ4n) is 4.86. The number of rotatable bonds is 7. The maximum absolute atomic E-state index is 12.9. The lowest BCUT2D eigenvalue weighted by Crippen LogP contribution is -2.65. The summed E-state index contributed by atoms with van der Waals surface area (Å²) >= 11 is 0. The largest absolute Gasteiger partial charge is 0.480 e. The molecule has 166 valence electrons. The van der Waals surface area contributed by atoms with Gasteiger partial charge in [-0.15, -0.1) is 0 Å². The van der Waals surface area contributed by atoms with Gasteiger partial charge in [0.05, 0.1) is 0 Å². The molecule has 3 aliphatic carbocycles. The van der Waals surface area contributed by atoms with Crippen LogP contribution in [0.5, 0.6) is 0 Å². The van der Waals surface area contributed by atoms with Crippen LogP contribution in [0.3, 0.4) is 0 Å². The molecule has 5 rings (SSSR count). The number of amides is 2. The van der Waals surface area contributed by atoms with Gasteiger partial charge in [0.2, 0.25) is 5.91 Å². The highest BCUT2D eigenvalue weighted by Gasteiger charge is 2.48. The lowest BCUT2D eigenvalue weighted by atomic mass is 9.76. The van der Waals surface area contributed by atoms with Crippen LogP contribution in [0, 0.1) is 5.92 Å². The molecule has 1 unspecified atom stereocenters. The molecule has 0 bridgehead atoms. The number of alkyl carbamates (subject to hydrolysis) is 1. The molecule has 0 aromatic heterocycles. The summed E-state index contributed by atoms with van der Waals surface area (Å²) in [6, 6.07) is 15.3. The number of nitrogens with one attached hydrogen (secondary N) is 2. The molecule has 2 amide bonds. The third kappa shape index (κ3) is 3.61. The molecule has 2 aromatic rings. The Morgan fingerprint density at radius 1 is 1.00 bits per heavy atom. The number of hydrogen-bond acceptors (Lipinski definition) is 4. The van der Waals surface area contributed by atoms with Gasteiger partial charge in [0.25, 0.3) is 0 Å². The molecule has 0 saturated heterocycles. The molecule has 0 radical (unpaired) electrons. The monoisotopic (exact) mass is 434 g/mol. The lowest BCUT2D eigenvalue weighted by molar-refractivity contribution is -0.144. The van der Waals surface area contributed by atoms with Crippen LogP contribution in [0.2, 0.25) is 0 Å². The van der Waals surface area contributed by atoms with E-state index in [1.807, 2.05) is 36.4 Å². The molecule has 32 heavy (non-hydrogen) atoms. The first kappa shape index (κ1) is 20.5. The van der Waals surface area contributed by atoms with Gasteiger partial charge in [0.1, 0.15) is 18.2 Å². The summed E-state index contributed by atoms with van der Waals surface area (Å²) in [4.78, 5) is 37.0. The van der Waals surface area contributed by atoms with Crippen molar-refractivity contribution in [2.75, 3.05) is 6.61 Å². The van der Waals surface area contributed by atoms with Gasteiger partial charge in [-0.1, -0.05) is 48.5 Å². The zero-order valence-electron chi connectivity index (χ0n) is 17.7. The molecule has 7 heteroatoms. The highest BCUT2D eigenvalue weighted by atomic mass is 16.5. The Labute approximate surface area is 186 Å². The van der Waals surface area contributed by atoms with Crippen molar-refractivity contribution < 1.29 is 24.2 Å². The van der Waals surface area contributed by atoms with E-state index in [1.54, 1.807) is 0 Å². The van der Waals surface area contributed by atoms with E-state index in [9.17, 15) is 19.5 Å². The van der Waals surface area contributed by atoms with Crippen molar-refractivity contribution >= 4 is 18.0 Å². The van der Waals surface area contributed by atoms with Gasteiger partial charge in [-0.3, -0.25) is 4.79 Å². The lowest BCUT2D eigenvalue weighted by Gasteiger charge is -2.41. The number of carboxylic acids is 1. The van der Waals surface area contributed by atoms with Crippen molar-refractivity contribution in [1.29, 1.82) is 0 Å². The first-order valence-corrected chi connectivity index (χ1v) is 11.2. The SMILES string of the molecule is O=C(NC1(C(=O)NC(C(=O)O)C2CC2)CCC1)OCC1c2ccccc2-c2ccccc21. The van der Waals surface area contributed by atoms with Crippen molar-refractivity contribution in [2.45, 2.75) is 49.6 Å². The minimum absolute atomic E-state index is 0.0250. The van der Waals surface area contributed by atoms with E-state index in [0.717, 1.165) is 41.5 Å². The molecule has 7 nitrogen and oxygen atoms in total. The van der Waals surface area contributed by atoms with Crippen LogP contribution < -0.4 is 10.6 Å². The second-order valence-electron chi connectivity index (χ2n) is 9.01. The molecule has 2 saturated carbocycles. The molecular formula is C25H26N2O5. The van der Waals surface area contributed by atoms with Gasteiger partial charge in [0, 0.05) is 5.92 Å². The predicted octanol–water partition coefficient (Wildman–Crippen LogP) is 3.43. The van der Waals surface area contributed by atoms with Crippen LogP contribution in [0.25, 0.3) is 11.1 Å². The quantitative estimate of drug-likeness (QED) is 0.619. The number of carboxylic acid groups (broad SMARTS) is 1. The van der Waals surface area contributed by atoms with E-state index < -0.39 is 29.6 Å². The first-order valence-electron chi connectivity index (χ1n) is 11.2. The Bertz CT molecular complexity index is 1030. The molecule has 2 fully saturated rings. The highest BCUT2D eigenvalue weighted by Crippen LogP contribution is 2.44. The Morgan fingerprint density at radius 2 is 1.59 bits per heavy atom. The van der Waals surface area contributed by atoms with Crippen molar-refractivity contribution in [3.05, 3.63) is 59.7 Å². The van der Waals surface area contributed by atoms with Crippen molar-refractivity contribution in [3.8, 4) is 11.1 Å². The van der Waals surface area contributed by atoms with Crippen LogP contribution >= 0.6 is 0 Å². The zero-order valence-corrected chi connectivity index (χ0v) is 17.7. The number of fused-ring (bicyclic) bond motifs is 3. The third-order valence-corrected chi connectivity index (χ3v) is 6.97. The minimum atomic E-state index is -1.09. The van der Waals surface area contributed by atoms with E-state index in [1.165, 1.54) is 0 Å². The summed E-state index contributed by atoms with van der Waals surface area (Å²) in [5.74, 6) is -1.55. The summed E-state index contributed by atoms with van der Waals surface area (Å²) in [6.45, 7) is 0.164. The molecule has 3 N–H and O–H groups in total. The van der Waals surface area contributed by atoms with E-state index in [-0.39, 0.29) is 18.4 Å². The third-order valence-electron chi connectivity index (χ3n) is 6.97.